The third kappa shape index (κ3) is 3.97. The molecule has 21 heavy (non-hydrogen) atoms. The van der Waals surface area contributed by atoms with Gasteiger partial charge >= 0.3 is 0 Å². The molecule has 6 nitrogen and oxygen atoms in total. The Hall–Kier alpha value is -2.04. The summed E-state index contributed by atoms with van der Waals surface area (Å²) in [7, 11) is 0. The molecule has 1 aromatic carbocycles. The zero-order valence-corrected chi connectivity index (χ0v) is 12.6. The summed E-state index contributed by atoms with van der Waals surface area (Å²) in [5, 5.41) is 17.8. The van der Waals surface area contributed by atoms with E-state index in [1.807, 2.05) is 11.5 Å². The Bertz CT molecular complexity index is 617. The summed E-state index contributed by atoms with van der Waals surface area (Å²) < 4.78 is 7.63. The highest BCUT2D eigenvalue weighted by Crippen LogP contribution is 2.17. The van der Waals surface area contributed by atoms with Gasteiger partial charge in [-0.25, -0.2) is 0 Å². The van der Waals surface area contributed by atoms with Crippen LogP contribution in [0.15, 0.2) is 29.4 Å². The summed E-state index contributed by atoms with van der Waals surface area (Å²) >= 11 is 1.59. The normalized spacial score (nSPS) is 10.3. The molecule has 1 aromatic heterocycles. The fourth-order valence-corrected chi connectivity index (χ4v) is 2.65. The standard InChI is InChI=1S/C14H17N5OS/c1-2-19-13(10-16)17-18-14(19)21-8-7-20-12-5-3-11(9-15)4-6-12/h3-6H,2,7-8,10,16H2,1H3. The van der Waals surface area contributed by atoms with E-state index >= 15 is 0 Å². The van der Waals surface area contributed by atoms with Crippen LogP contribution in [0.2, 0.25) is 0 Å². The molecule has 7 heteroatoms. The Morgan fingerprint density at radius 1 is 1.33 bits per heavy atom. The van der Waals surface area contributed by atoms with Gasteiger partial charge in [-0.05, 0) is 31.2 Å². The van der Waals surface area contributed by atoms with Crippen molar-refractivity contribution in [2.24, 2.45) is 5.73 Å². The van der Waals surface area contributed by atoms with Crippen molar-refractivity contribution in [1.82, 2.24) is 14.8 Å². The third-order valence-electron chi connectivity index (χ3n) is 2.86. The highest BCUT2D eigenvalue weighted by atomic mass is 32.2. The van der Waals surface area contributed by atoms with Gasteiger partial charge < -0.3 is 15.0 Å². The number of nitrogens with zero attached hydrogens (tertiary/aromatic N) is 4. The molecule has 0 spiro atoms. The predicted molar refractivity (Wildman–Crippen MR) is 81.0 cm³/mol. The van der Waals surface area contributed by atoms with Gasteiger partial charge in [0.15, 0.2) is 5.16 Å². The third-order valence-corrected chi connectivity index (χ3v) is 3.79. The van der Waals surface area contributed by atoms with Gasteiger partial charge in [0.1, 0.15) is 11.6 Å². The van der Waals surface area contributed by atoms with E-state index in [1.54, 1.807) is 36.0 Å². The molecule has 0 atom stereocenters. The summed E-state index contributed by atoms with van der Waals surface area (Å²) in [6.07, 6.45) is 0. The lowest BCUT2D eigenvalue weighted by molar-refractivity contribution is 0.344. The molecule has 0 saturated heterocycles. The van der Waals surface area contributed by atoms with Crippen LogP contribution in [0.3, 0.4) is 0 Å². The highest BCUT2D eigenvalue weighted by molar-refractivity contribution is 7.99. The first-order valence-electron chi connectivity index (χ1n) is 6.66. The molecule has 0 unspecified atom stereocenters. The summed E-state index contributed by atoms with van der Waals surface area (Å²) in [6.45, 7) is 3.80. The van der Waals surface area contributed by atoms with Crippen LogP contribution in [0.5, 0.6) is 5.75 Å². The Balaban J connectivity index is 1.81. The summed E-state index contributed by atoms with van der Waals surface area (Å²) in [5.74, 6) is 2.32. The second-order valence-electron chi connectivity index (χ2n) is 4.18. The minimum atomic E-state index is 0.392. The molecule has 0 aliphatic heterocycles. The fraction of sp³-hybridized carbons (Fsp3) is 0.357. The molecule has 1 heterocycles. The fourth-order valence-electron chi connectivity index (χ4n) is 1.81. The molecule has 0 aliphatic carbocycles. The lowest BCUT2D eigenvalue weighted by Gasteiger charge is -2.07. The van der Waals surface area contributed by atoms with Crippen LogP contribution in [0.1, 0.15) is 18.3 Å². The van der Waals surface area contributed by atoms with Gasteiger partial charge in [0, 0.05) is 12.3 Å². The van der Waals surface area contributed by atoms with Crippen LogP contribution in [0, 0.1) is 11.3 Å². The predicted octanol–water partition coefficient (Wildman–Crippen LogP) is 1.80. The van der Waals surface area contributed by atoms with Crippen molar-refractivity contribution in [3.8, 4) is 11.8 Å². The monoisotopic (exact) mass is 303 g/mol. The van der Waals surface area contributed by atoms with E-state index in [1.165, 1.54) is 0 Å². The lowest BCUT2D eigenvalue weighted by atomic mass is 10.2. The topological polar surface area (TPSA) is 89.8 Å². The summed E-state index contributed by atoms with van der Waals surface area (Å²) in [6, 6.07) is 9.15. The number of rotatable bonds is 7. The van der Waals surface area contributed by atoms with E-state index in [-0.39, 0.29) is 0 Å². The maximum atomic E-state index is 8.72. The van der Waals surface area contributed by atoms with Crippen LogP contribution in [-0.2, 0) is 13.1 Å². The molecule has 2 N–H and O–H groups in total. The highest BCUT2D eigenvalue weighted by Gasteiger charge is 2.09. The molecule has 2 aromatic rings. The van der Waals surface area contributed by atoms with E-state index in [0.717, 1.165) is 29.0 Å². The first-order valence-corrected chi connectivity index (χ1v) is 7.65. The number of nitrogens with two attached hydrogens (primary N) is 1. The van der Waals surface area contributed by atoms with Gasteiger partial charge in [-0.1, -0.05) is 11.8 Å². The van der Waals surface area contributed by atoms with Crippen molar-refractivity contribution in [3.05, 3.63) is 35.7 Å². The maximum absolute atomic E-state index is 8.72. The number of benzene rings is 1. The zero-order valence-electron chi connectivity index (χ0n) is 11.8. The first-order chi connectivity index (χ1) is 10.3. The number of hydrogen-bond donors (Lipinski definition) is 1. The average molecular weight is 303 g/mol. The van der Waals surface area contributed by atoms with Gasteiger partial charge in [-0.3, -0.25) is 0 Å². The van der Waals surface area contributed by atoms with Crippen molar-refractivity contribution in [3.63, 3.8) is 0 Å². The molecule has 0 bridgehead atoms. The van der Waals surface area contributed by atoms with Crippen LogP contribution in [0.4, 0.5) is 0 Å². The number of aromatic nitrogens is 3. The Morgan fingerprint density at radius 3 is 2.71 bits per heavy atom. The van der Waals surface area contributed by atoms with Gasteiger partial charge in [0.2, 0.25) is 0 Å². The number of hydrogen-bond acceptors (Lipinski definition) is 6. The average Bonchev–Trinajstić information content (AvgIpc) is 2.94. The SMILES string of the molecule is CCn1c(CN)nnc1SCCOc1ccc(C#N)cc1. The largest absolute Gasteiger partial charge is 0.493 e. The van der Waals surface area contributed by atoms with E-state index in [2.05, 4.69) is 16.3 Å². The lowest BCUT2D eigenvalue weighted by Crippen LogP contribution is -2.08. The van der Waals surface area contributed by atoms with Crippen molar-refractivity contribution >= 4 is 11.8 Å². The minimum Gasteiger partial charge on any atom is -0.493 e. The molecule has 0 saturated carbocycles. The Labute approximate surface area is 127 Å². The van der Waals surface area contributed by atoms with E-state index in [9.17, 15) is 0 Å². The smallest absolute Gasteiger partial charge is 0.191 e. The van der Waals surface area contributed by atoms with Crippen molar-refractivity contribution in [2.45, 2.75) is 25.2 Å². The molecule has 0 aliphatic rings. The van der Waals surface area contributed by atoms with Gasteiger partial charge in [-0.15, -0.1) is 10.2 Å². The number of nitriles is 1. The Morgan fingerprint density at radius 2 is 2.10 bits per heavy atom. The minimum absolute atomic E-state index is 0.392. The van der Waals surface area contributed by atoms with Gasteiger partial charge in [0.25, 0.3) is 0 Å². The van der Waals surface area contributed by atoms with Crippen molar-refractivity contribution in [1.29, 1.82) is 5.26 Å². The van der Waals surface area contributed by atoms with Crippen LogP contribution in [0.25, 0.3) is 0 Å². The quantitative estimate of drug-likeness (QED) is 0.619. The molecule has 0 fully saturated rings. The van der Waals surface area contributed by atoms with Gasteiger partial charge in [-0.2, -0.15) is 5.26 Å². The zero-order chi connectivity index (χ0) is 15.1. The molecular weight excluding hydrogens is 286 g/mol. The molecular formula is C14H17N5OS. The second-order valence-corrected chi connectivity index (χ2v) is 5.24. The molecule has 0 amide bonds. The maximum Gasteiger partial charge on any atom is 0.191 e. The van der Waals surface area contributed by atoms with Crippen LogP contribution in [-0.4, -0.2) is 27.1 Å². The molecule has 110 valence electrons. The van der Waals surface area contributed by atoms with Crippen molar-refractivity contribution in [2.75, 3.05) is 12.4 Å². The number of thioether (sulfide) groups is 1. The van der Waals surface area contributed by atoms with Crippen LogP contribution < -0.4 is 10.5 Å². The van der Waals surface area contributed by atoms with E-state index < -0.39 is 0 Å². The summed E-state index contributed by atoms with van der Waals surface area (Å²) in [5.41, 5.74) is 6.24. The van der Waals surface area contributed by atoms with Gasteiger partial charge in [0.05, 0.1) is 24.8 Å². The number of ether oxygens (including phenoxy) is 1. The summed E-state index contributed by atoms with van der Waals surface area (Å²) in [4.78, 5) is 0. The molecule has 0 radical (unpaired) electrons. The second kappa shape index (κ2) is 7.67. The van der Waals surface area contributed by atoms with Crippen LogP contribution >= 0.6 is 11.8 Å². The molecule has 2 rings (SSSR count). The van der Waals surface area contributed by atoms with Crippen molar-refractivity contribution < 1.29 is 4.74 Å². The van der Waals surface area contributed by atoms with E-state index in [4.69, 9.17) is 15.7 Å². The first kappa shape index (κ1) is 15.4. The Kier molecular flexibility index (Phi) is 5.60. The van der Waals surface area contributed by atoms with E-state index in [0.29, 0.717) is 18.7 Å².